The summed E-state index contributed by atoms with van der Waals surface area (Å²) in [6.45, 7) is 0.680. The van der Waals surface area contributed by atoms with Crippen molar-refractivity contribution < 1.29 is 19.5 Å². The number of nitrogens with zero attached hydrogens (tertiary/aromatic N) is 2. The van der Waals surface area contributed by atoms with Crippen LogP contribution in [0.15, 0.2) is 72.8 Å². The number of piperazine rings is 1. The average molecular weight is 446 g/mol. The van der Waals surface area contributed by atoms with E-state index in [2.05, 4.69) is 5.32 Å². The number of rotatable bonds is 6. The number of amides is 3. The number of likely N-dealkylation sites (N-methyl/N-ethyl adjacent to an activating group) is 1. The minimum Gasteiger partial charge on any atom is -0.465 e. The van der Waals surface area contributed by atoms with Crippen LogP contribution < -0.4 is 5.32 Å². The largest absolute Gasteiger partial charge is 0.465 e. The number of benzene rings is 3. The van der Waals surface area contributed by atoms with Crippen LogP contribution in [0, 0.1) is 0 Å². The van der Waals surface area contributed by atoms with Gasteiger partial charge in [0.1, 0.15) is 12.1 Å². The van der Waals surface area contributed by atoms with Gasteiger partial charge in [0, 0.05) is 33.0 Å². The number of nitrogens with one attached hydrogen (secondary N) is 1. The molecule has 0 aliphatic carbocycles. The van der Waals surface area contributed by atoms with Crippen LogP contribution in [0.25, 0.3) is 10.8 Å². The number of carboxylic acid groups (broad SMARTS) is 1. The SMILES string of the molecule is CN(C(=O)O)[C@H](Cc1ccc2ccccc2c1)C(=O)N1CCNC(=O)[C@H]1Cc1ccccc1. The Balaban J connectivity index is 1.62. The van der Waals surface area contributed by atoms with Crippen molar-refractivity contribution in [2.24, 2.45) is 0 Å². The van der Waals surface area contributed by atoms with Gasteiger partial charge >= 0.3 is 6.09 Å². The fourth-order valence-electron chi connectivity index (χ4n) is 4.32. The van der Waals surface area contributed by atoms with E-state index in [0.717, 1.165) is 26.8 Å². The van der Waals surface area contributed by atoms with Crippen molar-refractivity contribution in [1.29, 1.82) is 0 Å². The van der Waals surface area contributed by atoms with E-state index < -0.39 is 18.2 Å². The molecule has 33 heavy (non-hydrogen) atoms. The zero-order valence-electron chi connectivity index (χ0n) is 18.5. The Labute approximate surface area is 192 Å². The van der Waals surface area contributed by atoms with Crippen LogP contribution in [0.3, 0.4) is 0 Å². The van der Waals surface area contributed by atoms with Gasteiger partial charge in [0.25, 0.3) is 0 Å². The molecule has 1 aliphatic heterocycles. The lowest BCUT2D eigenvalue weighted by Gasteiger charge is -2.38. The molecule has 0 radical (unpaired) electrons. The van der Waals surface area contributed by atoms with E-state index in [1.54, 1.807) is 0 Å². The summed E-state index contributed by atoms with van der Waals surface area (Å²) in [6, 6.07) is 21.7. The summed E-state index contributed by atoms with van der Waals surface area (Å²) in [5.74, 6) is -0.579. The van der Waals surface area contributed by atoms with Gasteiger partial charge in [0.15, 0.2) is 0 Å². The number of hydrogen-bond acceptors (Lipinski definition) is 3. The summed E-state index contributed by atoms with van der Waals surface area (Å²) < 4.78 is 0. The molecule has 1 heterocycles. The summed E-state index contributed by atoms with van der Waals surface area (Å²) in [5.41, 5.74) is 1.80. The van der Waals surface area contributed by atoms with Crippen LogP contribution in [0.4, 0.5) is 4.79 Å². The molecule has 0 saturated carbocycles. The highest BCUT2D eigenvalue weighted by atomic mass is 16.4. The second-order valence-corrected chi connectivity index (χ2v) is 8.32. The highest BCUT2D eigenvalue weighted by molar-refractivity contribution is 5.92. The molecule has 0 spiro atoms. The summed E-state index contributed by atoms with van der Waals surface area (Å²) >= 11 is 0. The average Bonchev–Trinajstić information content (AvgIpc) is 2.83. The van der Waals surface area contributed by atoms with Crippen LogP contribution in [0.2, 0.25) is 0 Å². The van der Waals surface area contributed by atoms with Crippen LogP contribution in [-0.2, 0) is 22.4 Å². The zero-order valence-corrected chi connectivity index (χ0v) is 18.5. The van der Waals surface area contributed by atoms with Gasteiger partial charge in [0.05, 0.1) is 0 Å². The van der Waals surface area contributed by atoms with Crippen LogP contribution >= 0.6 is 0 Å². The predicted molar refractivity (Wildman–Crippen MR) is 126 cm³/mol. The summed E-state index contributed by atoms with van der Waals surface area (Å²) in [4.78, 5) is 40.8. The quantitative estimate of drug-likeness (QED) is 0.611. The highest BCUT2D eigenvalue weighted by Crippen LogP contribution is 2.21. The Bertz CT molecular complexity index is 1160. The first kappa shape index (κ1) is 22.3. The predicted octanol–water partition coefficient (Wildman–Crippen LogP) is 2.93. The molecule has 0 aromatic heterocycles. The van der Waals surface area contributed by atoms with E-state index in [4.69, 9.17) is 0 Å². The standard InChI is InChI=1S/C26H27N3O4/c1-28(26(32)33)23(17-19-11-12-20-9-5-6-10-21(20)15-19)25(31)29-14-13-27-24(30)22(29)16-18-7-3-2-4-8-18/h2-12,15,22-23H,13-14,16-17H2,1H3,(H,27,30)(H,32,33)/t22-,23-/m1/s1. The molecule has 3 amide bonds. The third-order valence-corrected chi connectivity index (χ3v) is 6.18. The van der Waals surface area contributed by atoms with Crippen molar-refractivity contribution in [3.8, 4) is 0 Å². The first-order valence-electron chi connectivity index (χ1n) is 11.0. The van der Waals surface area contributed by atoms with Gasteiger partial charge in [0.2, 0.25) is 11.8 Å². The summed E-state index contributed by atoms with van der Waals surface area (Å²) in [6.07, 6.45) is -0.587. The molecule has 0 bridgehead atoms. The van der Waals surface area contributed by atoms with Crippen molar-refractivity contribution in [2.45, 2.75) is 24.9 Å². The molecule has 1 saturated heterocycles. The number of fused-ring (bicyclic) bond motifs is 1. The van der Waals surface area contributed by atoms with E-state index >= 15 is 0 Å². The molecule has 2 atom stereocenters. The molecular weight excluding hydrogens is 418 g/mol. The van der Waals surface area contributed by atoms with Gasteiger partial charge in [-0.2, -0.15) is 0 Å². The third kappa shape index (κ3) is 4.98. The van der Waals surface area contributed by atoms with Crippen molar-refractivity contribution in [2.75, 3.05) is 20.1 Å². The molecule has 4 rings (SSSR count). The lowest BCUT2D eigenvalue weighted by Crippen LogP contribution is -2.62. The smallest absolute Gasteiger partial charge is 0.407 e. The van der Waals surface area contributed by atoms with E-state index in [-0.39, 0.29) is 18.2 Å². The molecule has 1 fully saturated rings. The first-order valence-corrected chi connectivity index (χ1v) is 11.0. The van der Waals surface area contributed by atoms with E-state index in [9.17, 15) is 19.5 Å². The van der Waals surface area contributed by atoms with Crippen molar-refractivity contribution in [3.63, 3.8) is 0 Å². The highest BCUT2D eigenvalue weighted by Gasteiger charge is 2.38. The summed E-state index contributed by atoms with van der Waals surface area (Å²) in [7, 11) is 1.40. The Morgan fingerprint density at radius 1 is 1.03 bits per heavy atom. The van der Waals surface area contributed by atoms with E-state index in [0.29, 0.717) is 19.5 Å². The van der Waals surface area contributed by atoms with Crippen molar-refractivity contribution in [3.05, 3.63) is 83.9 Å². The fraction of sp³-hybridized carbons (Fsp3) is 0.269. The van der Waals surface area contributed by atoms with Gasteiger partial charge < -0.3 is 15.3 Å². The molecule has 3 aromatic rings. The molecule has 2 N–H and O–H groups in total. The minimum atomic E-state index is -1.18. The van der Waals surface area contributed by atoms with Gasteiger partial charge in [-0.25, -0.2) is 4.79 Å². The maximum atomic E-state index is 13.7. The first-order chi connectivity index (χ1) is 15.9. The number of carbonyl (C=O) groups excluding carboxylic acids is 2. The fourth-order valence-corrected chi connectivity index (χ4v) is 4.32. The Morgan fingerprint density at radius 2 is 1.73 bits per heavy atom. The van der Waals surface area contributed by atoms with Crippen LogP contribution in [0.1, 0.15) is 11.1 Å². The van der Waals surface area contributed by atoms with Crippen LogP contribution in [-0.4, -0.2) is 65.0 Å². The topological polar surface area (TPSA) is 90.0 Å². The Kier molecular flexibility index (Phi) is 6.58. The molecule has 3 aromatic carbocycles. The third-order valence-electron chi connectivity index (χ3n) is 6.18. The van der Waals surface area contributed by atoms with Gasteiger partial charge in [-0.3, -0.25) is 14.5 Å². The number of hydrogen-bond donors (Lipinski definition) is 2. The zero-order chi connectivity index (χ0) is 23.4. The molecule has 7 heteroatoms. The van der Waals surface area contributed by atoms with Crippen molar-refractivity contribution >= 4 is 28.7 Å². The Hall–Kier alpha value is -3.87. The lowest BCUT2D eigenvalue weighted by atomic mass is 9.97. The molecular formula is C26H27N3O4. The second kappa shape index (κ2) is 9.73. The van der Waals surface area contributed by atoms with Crippen molar-refractivity contribution in [1.82, 2.24) is 15.1 Å². The molecule has 1 aliphatic rings. The number of carbonyl (C=O) groups is 3. The van der Waals surface area contributed by atoms with Gasteiger partial charge in [-0.1, -0.05) is 72.8 Å². The molecule has 170 valence electrons. The second-order valence-electron chi connectivity index (χ2n) is 8.32. The maximum Gasteiger partial charge on any atom is 0.407 e. The summed E-state index contributed by atoms with van der Waals surface area (Å²) in [5, 5.41) is 14.6. The van der Waals surface area contributed by atoms with Crippen LogP contribution in [0.5, 0.6) is 0 Å². The van der Waals surface area contributed by atoms with Gasteiger partial charge in [-0.15, -0.1) is 0 Å². The minimum absolute atomic E-state index is 0.221. The lowest BCUT2D eigenvalue weighted by molar-refractivity contribution is -0.146. The maximum absolute atomic E-state index is 13.7. The van der Waals surface area contributed by atoms with Gasteiger partial charge in [-0.05, 0) is 21.9 Å². The molecule has 7 nitrogen and oxygen atoms in total. The normalized spacial score (nSPS) is 16.8. The monoisotopic (exact) mass is 445 g/mol. The van der Waals surface area contributed by atoms with E-state index in [1.807, 2.05) is 72.8 Å². The Morgan fingerprint density at radius 3 is 2.45 bits per heavy atom. The van der Waals surface area contributed by atoms with E-state index in [1.165, 1.54) is 11.9 Å². The molecule has 0 unspecified atom stereocenters.